The summed E-state index contributed by atoms with van der Waals surface area (Å²) in [5, 5.41) is 26.6. The van der Waals surface area contributed by atoms with Crippen LogP contribution in [0, 0.1) is 5.92 Å². The Bertz CT molecular complexity index is 1120. The molecule has 3 amide bonds. The molecule has 37 heavy (non-hydrogen) atoms. The average Bonchev–Trinajstić information content (AvgIpc) is 2.83. The van der Waals surface area contributed by atoms with Gasteiger partial charge in [0.2, 0.25) is 17.7 Å². The third-order valence-corrected chi connectivity index (χ3v) is 7.07. The van der Waals surface area contributed by atoms with Gasteiger partial charge in [0, 0.05) is 19.8 Å². The standard InChI is InChI=1S/C25H34N3O8P/c1-4-15(2)23(26-16(3)29)25(33)27-21(13-17-5-9-19(30)10-6-17)24(32)28-22(37(34,35)36)14-18-7-11-20(31)12-8-18/h5-12,15,21-23,30-31H,4,13-14H2,1-3H3,(H,26,29)(H,27,33)(H,28,32)(H2,34,35,36)/t15?,21-,22?,23-/m1/s1. The van der Waals surface area contributed by atoms with E-state index in [0.29, 0.717) is 17.5 Å². The lowest BCUT2D eigenvalue weighted by Crippen LogP contribution is -2.57. The van der Waals surface area contributed by atoms with Gasteiger partial charge in [-0.1, -0.05) is 44.5 Å². The molecule has 11 nitrogen and oxygen atoms in total. The maximum Gasteiger partial charge on any atom is 0.347 e. The van der Waals surface area contributed by atoms with E-state index in [-0.39, 0.29) is 30.3 Å². The summed E-state index contributed by atoms with van der Waals surface area (Å²) < 4.78 is 12.2. The summed E-state index contributed by atoms with van der Waals surface area (Å²) in [4.78, 5) is 57.9. The molecular formula is C25H34N3O8P. The topological polar surface area (TPSA) is 185 Å². The number of carbonyl (C=O) groups excluding carboxylic acids is 3. The number of phenols is 2. The quantitative estimate of drug-likeness (QED) is 0.200. The molecule has 0 aromatic heterocycles. The van der Waals surface area contributed by atoms with Crippen molar-refractivity contribution in [2.45, 2.75) is 57.9 Å². The lowest BCUT2D eigenvalue weighted by atomic mass is 9.97. The number of aromatic hydroxyl groups is 2. The molecule has 0 saturated heterocycles. The van der Waals surface area contributed by atoms with Crippen molar-refractivity contribution < 1.29 is 38.9 Å². The number of hydrogen-bond acceptors (Lipinski definition) is 6. The number of amides is 3. The minimum absolute atomic E-state index is 0.00624. The molecule has 0 saturated carbocycles. The Morgan fingerprint density at radius 2 is 1.30 bits per heavy atom. The Labute approximate surface area is 215 Å². The first-order chi connectivity index (χ1) is 17.3. The average molecular weight is 536 g/mol. The van der Waals surface area contributed by atoms with Crippen LogP contribution < -0.4 is 16.0 Å². The molecule has 0 heterocycles. The SMILES string of the molecule is CCC(C)[C@@H](NC(C)=O)C(=O)N[C@H](Cc1ccc(O)cc1)C(=O)NC(Cc1ccc(O)cc1)P(=O)(O)O. The van der Waals surface area contributed by atoms with E-state index in [1.807, 2.05) is 6.92 Å². The molecule has 0 aliphatic heterocycles. The first-order valence-electron chi connectivity index (χ1n) is 11.8. The van der Waals surface area contributed by atoms with Crippen LogP contribution in [-0.4, -0.2) is 55.6 Å². The molecule has 2 unspecified atom stereocenters. The summed E-state index contributed by atoms with van der Waals surface area (Å²) in [6.45, 7) is 4.90. The summed E-state index contributed by atoms with van der Waals surface area (Å²) in [7, 11) is -4.83. The summed E-state index contributed by atoms with van der Waals surface area (Å²) in [6, 6.07) is 9.44. The van der Waals surface area contributed by atoms with Gasteiger partial charge in [-0.3, -0.25) is 18.9 Å². The van der Waals surface area contributed by atoms with Gasteiger partial charge >= 0.3 is 7.60 Å². The number of carbonyl (C=O) groups is 3. The second-order valence-electron chi connectivity index (χ2n) is 8.98. The Kier molecular flexibility index (Phi) is 10.7. The fraction of sp³-hybridized carbons (Fsp3) is 0.400. The van der Waals surface area contributed by atoms with E-state index in [1.165, 1.54) is 43.3 Å². The lowest BCUT2D eigenvalue weighted by Gasteiger charge is -2.28. The van der Waals surface area contributed by atoms with Gasteiger partial charge in [-0.25, -0.2) is 0 Å². The van der Waals surface area contributed by atoms with Crippen molar-refractivity contribution in [3.05, 3.63) is 59.7 Å². The molecule has 0 spiro atoms. The van der Waals surface area contributed by atoms with Crippen LogP contribution in [0.25, 0.3) is 0 Å². The summed E-state index contributed by atoms with van der Waals surface area (Å²) >= 11 is 0. The maximum atomic E-state index is 13.3. The highest BCUT2D eigenvalue weighted by molar-refractivity contribution is 7.52. The third-order valence-electron chi connectivity index (χ3n) is 5.94. The lowest BCUT2D eigenvalue weighted by molar-refractivity contribution is -0.132. The summed E-state index contributed by atoms with van der Waals surface area (Å²) in [5.41, 5.74) is 1.04. The van der Waals surface area contributed by atoms with E-state index in [2.05, 4.69) is 16.0 Å². The number of rotatable bonds is 12. The molecule has 0 fully saturated rings. The van der Waals surface area contributed by atoms with Crippen LogP contribution in [-0.2, 0) is 31.8 Å². The van der Waals surface area contributed by atoms with E-state index in [1.54, 1.807) is 19.1 Å². The van der Waals surface area contributed by atoms with Gasteiger partial charge in [0.25, 0.3) is 0 Å². The molecule has 0 bridgehead atoms. The minimum Gasteiger partial charge on any atom is -0.508 e. The van der Waals surface area contributed by atoms with Crippen LogP contribution >= 0.6 is 7.60 Å². The van der Waals surface area contributed by atoms with Gasteiger partial charge < -0.3 is 36.0 Å². The largest absolute Gasteiger partial charge is 0.508 e. The molecule has 202 valence electrons. The molecular weight excluding hydrogens is 501 g/mol. The number of nitrogens with one attached hydrogen (secondary N) is 3. The van der Waals surface area contributed by atoms with Gasteiger partial charge in [-0.15, -0.1) is 0 Å². The van der Waals surface area contributed by atoms with E-state index in [0.717, 1.165) is 0 Å². The molecule has 2 rings (SSSR count). The van der Waals surface area contributed by atoms with E-state index in [4.69, 9.17) is 0 Å². The summed E-state index contributed by atoms with van der Waals surface area (Å²) in [6.07, 6.45) is 0.301. The Balaban J connectivity index is 2.32. The molecule has 0 aliphatic rings. The molecule has 0 radical (unpaired) electrons. The van der Waals surface area contributed by atoms with Crippen molar-refractivity contribution in [2.75, 3.05) is 0 Å². The Morgan fingerprint density at radius 3 is 1.73 bits per heavy atom. The molecule has 12 heteroatoms. The predicted octanol–water partition coefficient (Wildman–Crippen LogP) is 1.54. The van der Waals surface area contributed by atoms with E-state index in [9.17, 15) is 38.9 Å². The normalized spacial score (nSPS) is 14.6. The molecule has 2 aromatic rings. The van der Waals surface area contributed by atoms with Crippen molar-refractivity contribution in [1.29, 1.82) is 0 Å². The van der Waals surface area contributed by atoms with Crippen LogP contribution in [0.1, 0.15) is 38.3 Å². The highest BCUT2D eigenvalue weighted by Crippen LogP contribution is 2.41. The van der Waals surface area contributed by atoms with Gasteiger partial charge in [0.1, 0.15) is 29.4 Å². The van der Waals surface area contributed by atoms with Gasteiger partial charge in [-0.2, -0.15) is 0 Å². The van der Waals surface area contributed by atoms with Gasteiger partial charge in [0.15, 0.2) is 0 Å². The van der Waals surface area contributed by atoms with Crippen molar-refractivity contribution >= 4 is 25.3 Å². The zero-order chi connectivity index (χ0) is 27.8. The monoisotopic (exact) mass is 535 g/mol. The first-order valence-corrected chi connectivity index (χ1v) is 13.5. The van der Waals surface area contributed by atoms with E-state index >= 15 is 0 Å². The fourth-order valence-electron chi connectivity index (χ4n) is 3.63. The maximum absolute atomic E-state index is 13.3. The van der Waals surface area contributed by atoms with Crippen LogP contribution in [0.3, 0.4) is 0 Å². The predicted molar refractivity (Wildman–Crippen MR) is 137 cm³/mol. The van der Waals surface area contributed by atoms with Crippen LogP contribution in [0.2, 0.25) is 0 Å². The fourth-order valence-corrected chi connectivity index (χ4v) is 4.38. The molecule has 7 N–H and O–H groups in total. The first kappa shape index (κ1) is 29.8. The third kappa shape index (κ3) is 9.53. The smallest absolute Gasteiger partial charge is 0.347 e. The molecule has 4 atom stereocenters. The van der Waals surface area contributed by atoms with Crippen LogP contribution in [0.5, 0.6) is 11.5 Å². The van der Waals surface area contributed by atoms with Crippen LogP contribution in [0.4, 0.5) is 0 Å². The van der Waals surface area contributed by atoms with Gasteiger partial charge in [-0.05, 0) is 41.3 Å². The van der Waals surface area contributed by atoms with Crippen molar-refractivity contribution in [3.8, 4) is 11.5 Å². The molecule has 2 aromatic carbocycles. The van der Waals surface area contributed by atoms with Crippen LogP contribution in [0.15, 0.2) is 48.5 Å². The second-order valence-corrected chi connectivity index (χ2v) is 10.8. The van der Waals surface area contributed by atoms with Gasteiger partial charge in [0.05, 0.1) is 0 Å². The molecule has 0 aliphatic carbocycles. The number of phenolic OH excluding ortho intramolecular Hbond substituents is 2. The summed E-state index contributed by atoms with van der Waals surface area (Å²) in [5.74, 6) is -3.73. The van der Waals surface area contributed by atoms with E-state index < -0.39 is 43.2 Å². The van der Waals surface area contributed by atoms with Crippen molar-refractivity contribution in [2.24, 2.45) is 5.92 Å². The minimum atomic E-state index is -4.83. The highest BCUT2D eigenvalue weighted by atomic mass is 31.2. The van der Waals surface area contributed by atoms with Crippen molar-refractivity contribution in [3.63, 3.8) is 0 Å². The zero-order valence-electron chi connectivity index (χ0n) is 20.9. The second kappa shape index (κ2) is 13.2. The zero-order valence-corrected chi connectivity index (χ0v) is 21.8. The number of benzene rings is 2. The van der Waals surface area contributed by atoms with Crippen molar-refractivity contribution in [1.82, 2.24) is 16.0 Å². The Hall–Kier alpha value is -3.40. The number of hydrogen-bond donors (Lipinski definition) is 7. The highest BCUT2D eigenvalue weighted by Gasteiger charge is 2.35. The Morgan fingerprint density at radius 1 is 0.811 bits per heavy atom.